The topological polar surface area (TPSA) is 25.8 Å². The van der Waals surface area contributed by atoms with Crippen LogP contribution in [-0.4, -0.2) is 9.97 Å². The first-order valence-corrected chi connectivity index (χ1v) is 6.83. The molecular formula is C13H21BrN2. The van der Waals surface area contributed by atoms with Gasteiger partial charge in [0.1, 0.15) is 5.82 Å². The van der Waals surface area contributed by atoms with E-state index in [-0.39, 0.29) is 5.41 Å². The van der Waals surface area contributed by atoms with Gasteiger partial charge < -0.3 is 0 Å². The molecule has 0 atom stereocenters. The second-order valence-electron chi connectivity index (χ2n) is 4.92. The molecule has 1 heterocycles. The Hall–Kier alpha value is -0.440. The van der Waals surface area contributed by atoms with Gasteiger partial charge >= 0.3 is 0 Å². The molecule has 0 amide bonds. The third kappa shape index (κ3) is 4.20. The number of unbranched alkanes of at least 4 members (excludes halogenated alkanes) is 3. The summed E-state index contributed by atoms with van der Waals surface area (Å²) in [7, 11) is 0. The number of nitrogens with zero attached hydrogens (tertiary/aromatic N) is 2. The molecule has 0 unspecified atom stereocenters. The van der Waals surface area contributed by atoms with Gasteiger partial charge in [-0.15, -0.1) is 0 Å². The minimum atomic E-state index is 0.0917. The van der Waals surface area contributed by atoms with Crippen LogP contribution >= 0.6 is 15.9 Å². The van der Waals surface area contributed by atoms with Gasteiger partial charge in [0.2, 0.25) is 0 Å². The van der Waals surface area contributed by atoms with Crippen molar-refractivity contribution in [1.29, 1.82) is 0 Å². The maximum absolute atomic E-state index is 4.39. The molecule has 90 valence electrons. The normalized spacial score (nSPS) is 11.8. The molecule has 0 spiro atoms. The van der Waals surface area contributed by atoms with Gasteiger partial charge in [-0.05, 0) is 22.4 Å². The Bertz CT molecular complexity index is 306. The van der Waals surface area contributed by atoms with E-state index >= 15 is 0 Å². The van der Waals surface area contributed by atoms with E-state index in [9.17, 15) is 0 Å². The standard InChI is InChI=1S/C13H21BrN2/c1-4-5-6-7-8-13(2,3)12-15-9-11(14)10-16-12/h9-10H,4-8H2,1-3H3. The fourth-order valence-corrected chi connectivity index (χ4v) is 1.97. The summed E-state index contributed by atoms with van der Waals surface area (Å²) in [5, 5.41) is 0. The van der Waals surface area contributed by atoms with E-state index in [1.807, 2.05) is 12.4 Å². The van der Waals surface area contributed by atoms with Gasteiger partial charge in [0.15, 0.2) is 0 Å². The molecule has 0 aromatic carbocycles. The van der Waals surface area contributed by atoms with Gasteiger partial charge in [-0.2, -0.15) is 0 Å². The second-order valence-corrected chi connectivity index (χ2v) is 5.84. The van der Waals surface area contributed by atoms with Crippen molar-refractivity contribution in [2.24, 2.45) is 0 Å². The van der Waals surface area contributed by atoms with E-state index in [2.05, 4.69) is 46.7 Å². The van der Waals surface area contributed by atoms with Gasteiger partial charge in [-0.3, -0.25) is 0 Å². The van der Waals surface area contributed by atoms with E-state index < -0.39 is 0 Å². The van der Waals surface area contributed by atoms with Crippen molar-refractivity contribution in [3.8, 4) is 0 Å². The van der Waals surface area contributed by atoms with E-state index in [1.165, 1.54) is 25.7 Å². The molecule has 0 saturated carbocycles. The zero-order valence-electron chi connectivity index (χ0n) is 10.5. The molecule has 0 saturated heterocycles. The molecule has 1 aromatic rings. The first-order valence-electron chi connectivity index (χ1n) is 6.04. The molecule has 1 rings (SSSR count). The third-order valence-corrected chi connectivity index (χ3v) is 3.29. The summed E-state index contributed by atoms with van der Waals surface area (Å²) in [6.07, 6.45) is 10.0. The lowest BCUT2D eigenvalue weighted by Crippen LogP contribution is -2.20. The Morgan fingerprint density at radius 2 is 1.75 bits per heavy atom. The van der Waals surface area contributed by atoms with Crippen LogP contribution < -0.4 is 0 Å². The van der Waals surface area contributed by atoms with Crippen LogP contribution in [0.3, 0.4) is 0 Å². The van der Waals surface area contributed by atoms with E-state index in [0.717, 1.165) is 16.7 Å². The fraction of sp³-hybridized carbons (Fsp3) is 0.692. The Morgan fingerprint density at radius 3 is 2.31 bits per heavy atom. The minimum absolute atomic E-state index is 0.0917. The predicted octanol–water partition coefficient (Wildman–Crippen LogP) is 4.49. The van der Waals surface area contributed by atoms with Gasteiger partial charge in [0.05, 0.1) is 4.47 Å². The third-order valence-electron chi connectivity index (χ3n) is 2.88. The predicted molar refractivity (Wildman–Crippen MR) is 71.5 cm³/mol. The van der Waals surface area contributed by atoms with Crippen molar-refractivity contribution in [3.05, 3.63) is 22.7 Å². The number of rotatable bonds is 6. The van der Waals surface area contributed by atoms with Crippen LogP contribution in [0.4, 0.5) is 0 Å². The highest BCUT2D eigenvalue weighted by Crippen LogP contribution is 2.26. The zero-order chi connectivity index (χ0) is 12.0. The largest absolute Gasteiger partial charge is 0.240 e. The number of aromatic nitrogens is 2. The number of hydrogen-bond donors (Lipinski definition) is 0. The summed E-state index contributed by atoms with van der Waals surface area (Å²) in [5.41, 5.74) is 0.0917. The summed E-state index contributed by atoms with van der Waals surface area (Å²) >= 11 is 3.36. The van der Waals surface area contributed by atoms with Crippen molar-refractivity contribution in [3.63, 3.8) is 0 Å². The molecule has 0 aliphatic carbocycles. The van der Waals surface area contributed by atoms with E-state index in [4.69, 9.17) is 0 Å². The van der Waals surface area contributed by atoms with Crippen molar-refractivity contribution in [2.45, 2.75) is 58.3 Å². The van der Waals surface area contributed by atoms with Crippen LogP contribution in [0.1, 0.15) is 58.7 Å². The Morgan fingerprint density at radius 1 is 1.12 bits per heavy atom. The maximum Gasteiger partial charge on any atom is 0.133 e. The van der Waals surface area contributed by atoms with Crippen LogP contribution in [0.25, 0.3) is 0 Å². The van der Waals surface area contributed by atoms with E-state index in [0.29, 0.717) is 0 Å². The lowest BCUT2D eigenvalue weighted by Gasteiger charge is -2.22. The van der Waals surface area contributed by atoms with Crippen LogP contribution in [0.2, 0.25) is 0 Å². The molecule has 0 radical (unpaired) electrons. The Balaban J connectivity index is 2.52. The van der Waals surface area contributed by atoms with Crippen LogP contribution in [-0.2, 0) is 5.41 Å². The van der Waals surface area contributed by atoms with Crippen molar-refractivity contribution in [1.82, 2.24) is 9.97 Å². The molecule has 2 nitrogen and oxygen atoms in total. The number of halogens is 1. The molecular weight excluding hydrogens is 264 g/mol. The second kappa shape index (κ2) is 6.33. The molecule has 0 fully saturated rings. The summed E-state index contributed by atoms with van der Waals surface area (Å²) in [5.74, 6) is 0.951. The lowest BCUT2D eigenvalue weighted by atomic mass is 9.86. The quantitative estimate of drug-likeness (QED) is 0.720. The van der Waals surface area contributed by atoms with Crippen LogP contribution in [0, 0.1) is 0 Å². The van der Waals surface area contributed by atoms with Crippen LogP contribution in [0.5, 0.6) is 0 Å². The van der Waals surface area contributed by atoms with E-state index in [1.54, 1.807) is 0 Å². The average molecular weight is 285 g/mol. The van der Waals surface area contributed by atoms with Crippen molar-refractivity contribution >= 4 is 15.9 Å². The molecule has 3 heteroatoms. The summed E-state index contributed by atoms with van der Waals surface area (Å²) < 4.78 is 0.943. The maximum atomic E-state index is 4.39. The Kier molecular flexibility index (Phi) is 5.39. The Labute approximate surface area is 107 Å². The van der Waals surface area contributed by atoms with Gasteiger partial charge in [-0.1, -0.05) is 46.5 Å². The zero-order valence-corrected chi connectivity index (χ0v) is 12.0. The van der Waals surface area contributed by atoms with Crippen LogP contribution in [0.15, 0.2) is 16.9 Å². The highest BCUT2D eigenvalue weighted by atomic mass is 79.9. The van der Waals surface area contributed by atoms with Crippen molar-refractivity contribution in [2.75, 3.05) is 0 Å². The molecule has 0 aliphatic heterocycles. The first-order chi connectivity index (χ1) is 7.56. The highest BCUT2D eigenvalue weighted by Gasteiger charge is 2.22. The highest BCUT2D eigenvalue weighted by molar-refractivity contribution is 9.10. The molecule has 0 N–H and O–H groups in total. The molecule has 0 aliphatic rings. The smallest absolute Gasteiger partial charge is 0.133 e. The monoisotopic (exact) mass is 284 g/mol. The molecule has 0 bridgehead atoms. The number of hydrogen-bond acceptors (Lipinski definition) is 2. The summed E-state index contributed by atoms with van der Waals surface area (Å²) in [4.78, 5) is 8.78. The fourth-order valence-electron chi connectivity index (χ4n) is 1.77. The van der Waals surface area contributed by atoms with Gasteiger partial charge in [-0.25, -0.2) is 9.97 Å². The molecule has 16 heavy (non-hydrogen) atoms. The first kappa shape index (κ1) is 13.6. The van der Waals surface area contributed by atoms with Crippen molar-refractivity contribution < 1.29 is 0 Å². The average Bonchev–Trinajstić information content (AvgIpc) is 2.25. The minimum Gasteiger partial charge on any atom is -0.240 e. The lowest BCUT2D eigenvalue weighted by molar-refractivity contribution is 0.422. The molecule has 1 aromatic heterocycles. The summed E-state index contributed by atoms with van der Waals surface area (Å²) in [6, 6.07) is 0. The SMILES string of the molecule is CCCCCCC(C)(C)c1ncc(Br)cn1. The van der Waals surface area contributed by atoms with Gasteiger partial charge in [0.25, 0.3) is 0 Å². The van der Waals surface area contributed by atoms with Gasteiger partial charge in [0, 0.05) is 17.8 Å². The summed E-state index contributed by atoms with van der Waals surface area (Å²) in [6.45, 7) is 6.69.